The average molecular weight is 317 g/mol. The van der Waals surface area contributed by atoms with Gasteiger partial charge in [0.1, 0.15) is 5.75 Å². The first-order chi connectivity index (χ1) is 10.1. The van der Waals surface area contributed by atoms with Gasteiger partial charge in [-0.3, -0.25) is 0 Å². The van der Waals surface area contributed by atoms with Gasteiger partial charge in [-0.15, -0.1) is 11.3 Å². The smallest absolute Gasteiger partial charge is 0.251 e. The van der Waals surface area contributed by atoms with E-state index in [1.54, 1.807) is 17.6 Å². The zero-order valence-electron chi connectivity index (χ0n) is 11.2. The quantitative estimate of drug-likeness (QED) is 0.668. The van der Waals surface area contributed by atoms with Crippen molar-refractivity contribution in [1.29, 1.82) is 5.26 Å². The molecule has 7 heteroatoms. The van der Waals surface area contributed by atoms with Gasteiger partial charge >= 0.3 is 0 Å². The molecule has 5 nitrogen and oxygen atoms in total. The van der Waals surface area contributed by atoms with Crippen molar-refractivity contribution in [1.82, 2.24) is 15.0 Å². The van der Waals surface area contributed by atoms with Crippen LogP contribution in [0.3, 0.4) is 0 Å². The van der Waals surface area contributed by atoms with Gasteiger partial charge in [0, 0.05) is 0 Å². The van der Waals surface area contributed by atoms with Crippen LogP contribution in [-0.4, -0.2) is 15.0 Å². The first kappa shape index (κ1) is 13.7. The van der Waals surface area contributed by atoms with Crippen LogP contribution in [0.5, 0.6) is 11.6 Å². The molecule has 3 rings (SSSR count). The first-order valence-corrected chi connectivity index (χ1v) is 7.30. The van der Waals surface area contributed by atoms with E-state index in [2.05, 4.69) is 21.0 Å². The molecule has 3 aromatic rings. The van der Waals surface area contributed by atoms with Crippen molar-refractivity contribution in [3.63, 3.8) is 0 Å². The van der Waals surface area contributed by atoms with Crippen LogP contribution in [0.15, 0.2) is 17.6 Å². The molecular weight excluding hydrogens is 308 g/mol. The molecule has 0 aliphatic rings. The highest BCUT2D eigenvalue weighted by Crippen LogP contribution is 2.33. The molecule has 0 saturated carbocycles. The summed E-state index contributed by atoms with van der Waals surface area (Å²) in [5.41, 5.74) is 4.54. The topological polar surface area (TPSA) is 71.7 Å². The van der Waals surface area contributed by atoms with Crippen LogP contribution < -0.4 is 4.74 Å². The Labute approximate surface area is 129 Å². The molecule has 0 radical (unpaired) electrons. The molecule has 0 unspecified atom stereocenters. The van der Waals surface area contributed by atoms with Crippen LogP contribution in [0, 0.1) is 25.2 Å². The van der Waals surface area contributed by atoms with E-state index in [9.17, 15) is 0 Å². The van der Waals surface area contributed by atoms with Gasteiger partial charge in [0.25, 0.3) is 5.88 Å². The third-order valence-corrected chi connectivity index (χ3v) is 3.81. The van der Waals surface area contributed by atoms with Crippen molar-refractivity contribution in [2.24, 2.45) is 0 Å². The molecule has 104 valence electrons. The number of ether oxygens (including phenoxy) is 1. The maximum absolute atomic E-state index is 8.98. The van der Waals surface area contributed by atoms with Gasteiger partial charge in [0.05, 0.1) is 17.1 Å². The van der Waals surface area contributed by atoms with E-state index in [0.717, 1.165) is 11.1 Å². The summed E-state index contributed by atoms with van der Waals surface area (Å²) in [6.45, 7) is 3.76. The van der Waals surface area contributed by atoms with Gasteiger partial charge < -0.3 is 4.74 Å². The van der Waals surface area contributed by atoms with Gasteiger partial charge in [-0.1, -0.05) is 0 Å². The van der Waals surface area contributed by atoms with Crippen LogP contribution in [-0.2, 0) is 0 Å². The number of hydrogen-bond donors (Lipinski definition) is 0. The van der Waals surface area contributed by atoms with Crippen molar-refractivity contribution in [2.75, 3.05) is 0 Å². The first-order valence-electron chi connectivity index (χ1n) is 6.04. The molecule has 1 aromatic carbocycles. The highest BCUT2D eigenvalue weighted by atomic mass is 35.5. The van der Waals surface area contributed by atoms with E-state index in [-0.39, 0.29) is 5.28 Å². The lowest BCUT2D eigenvalue weighted by Gasteiger charge is -2.11. The van der Waals surface area contributed by atoms with Gasteiger partial charge in [0.2, 0.25) is 5.28 Å². The van der Waals surface area contributed by atoms with Crippen molar-refractivity contribution in [2.45, 2.75) is 13.8 Å². The number of nitrogens with zero attached hydrogens (tertiary/aromatic N) is 4. The molecule has 0 spiro atoms. The number of halogens is 1. The number of aryl methyl sites for hydroxylation is 2. The molecule has 0 fully saturated rings. The molecular formula is C14H9ClN4OS. The predicted octanol–water partition coefficient (Wildman–Crippen LogP) is 4.02. The minimum absolute atomic E-state index is 0.116. The second kappa shape index (κ2) is 5.28. The molecule has 0 N–H and O–H groups in total. The number of hydrogen-bond acceptors (Lipinski definition) is 6. The minimum atomic E-state index is 0.116. The zero-order chi connectivity index (χ0) is 15.0. The third kappa shape index (κ3) is 2.53. The maximum Gasteiger partial charge on any atom is 0.251 e. The van der Waals surface area contributed by atoms with Crippen LogP contribution in [0.4, 0.5) is 0 Å². The number of benzene rings is 1. The molecule has 0 amide bonds. The summed E-state index contributed by atoms with van der Waals surface area (Å²) in [7, 11) is 0. The minimum Gasteiger partial charge on any atom is -0.436 e. The number of fused-ring (bicyclic) bond motifs is 1. The summed E-state index contributed by atoms with van der Waals surface area (Å²) >= 11 is 7.28. The Bertz CT molecular complexity index is 861. The molecule has 0 aliphatic carbocycles. The van der Waals surface area contributed by atoms with Gasteiger partial charge in [-0.2, -0.15) is 10.2 Å². The fraction of sp³-hybridized carbons (Fsp3) is 0.143. The highest BCUT2D eigenvalue weighted by Gasteiger charge is 2.14. The molecule has 2 heterocycles. The van der Waals surface area contributed by atoms with E-state index in [0.29, 0.717) is 27.5 Å². The van der Waals surface area contributed by atoms with Crippen molar-refractivity contribution < 1.29 is 4.74 Å². The second-order valence-corrected chi connectivity index (χ2v) is 5.63. The van der Waals surface area contributed by atoms with Gasteiger partial charge in [0.15, 0.2) is 10.3 Å². The predicted molar refractivity (Wildman–Crippen MR) is 80.9 cm³/mol. The average Bonchev–Trinajstić information content (AvgIpc) is 2.90. The summed E-state index contributed by atoms with van der Waals surface area (Å²) in [5, 5.41) is 9.10. The van der Waals surface area contributed by atoms with Gasteiger partial charge in [-0.25, -0.2) is 9.97 Å². The van der Waals surface area contributed by atoms with E-state index in [1.165, 1.54) is 11.3 Å². The molecule has 0 atom stereocenters. The van der Waals surface area contributed by atoms with Crippen LogP contribution in [0.2, 0.25) is 5.28 Å². The van der Waals surface area contributed by atoms with E-state index >= 15 is 0 Å². The number of rotatable bonds is 2. The fourth-order valence-electron chi connectivity index (χ4n) is 2.06. The molecule has 2 aromatic heterocycles. The Kier molecular flexibility index (Phi) is 3.45. The fourth-order valence-corrected chi connectivity index (χ4v) is 2.92. The number of thiazole rings is 1. The van der Waals surface area contributed by atoms with Crippen molar-refractivity contribution in [3.05, 3.63) is 39.6 Å². The highest BCUT2D eigenvalue weighted by molar-refractivity contribution is 7.16. The van der Waals surface area contributed by atoms with Crippen LogP contribution in [0.1, 0.15) is 16.7 Å². The summed E-state index contributed by atoms with van der Waals surface area (Å²) in [5.74, 6) is 0.972. The summed E-state index contributed by atoms with van der Waals surface area (Å²) < 4.78 is 5.89. The largest absolute Gasteiger partial charge is 0.436 e. The molecule has 0 saturated heterocycles. The normalized spacial score (nSPS) is 10.6. The Balaban J connectivity index is 2.11. The van der Waals surface area contributed by atoms with Crippen LogP contribution >= 0.6 is 22.9 Å². The van der Waals surface area contributed by atoms with Crippen LogP contribution in [0.25, 0.3) is 10.3 Å². The number of nitriles is 1. The Morgan fingerprint density at radius 2 is 1.95 bits per heavy atom. The summed E-state index contributed by atoms with van der Waals surface area (Å²) in [4.78, 5) is 13.1. The third-order valence-electron chi connectivity index (χ3n) is 2.93. The SMILES string of the molecule is Cc1cc(C#N)cc(C)c1Oc1nc(Cl)nc2scnc12. The monoisotopic (exact) mass is 316 g/mol. The molecule has 0 aliphatic heterocycles. The Morgan fingerprint density at radius 3 is 2.62 bits per heavy atom. The van der Waals surface area contributed by atoms with Gasteiger partial charge in [-0.05, 0) is 48.7 Å². The van der Waals surface area contributed by atoms with E-state index in [1.807, 2.05) is 13.8 Å². The zero-order valence-corrected chi connectivity index (χ0v) is 12.8. The molecule has 0 bridgehead atoms. The lowest BCUT2D eigenvalue weighted by atomic mass is 10.1. The Hall–Kier alpha value is -2.23. The standard InChI is InChI=1S/C14H9ClN4OS/c1-7-3-9(5-16)4-8(2)11(7)20-12-10-13(21-6-17-10)19-14(15)18-12/h3-4,6H,1-2H3. The number of aromatic nitrogens is 3. The van der Waals surface area contributed by atoms with E-state index in [4.69, 9.17) is 21.6 Å². The second-order valence-electron chi connectivity index (χ2n) is 4.46. The lowest BCUT2D eigenvalue weighted by molar-refractivity contribution is 0.460. The van der Waals surface area contributed by atoms with Crippen molar-refractivity contribution in [3.8, 4) is 17.7 Å². The molecule has 21 heavy (non-hydrogen) atoms. The summed E-state index contributed by atoms with van der Waals surface area (Å²) in [6, 6.07) is 5.66. The van der Waals surface area contributed by atoms with Crippen molar-refractivity contribution >= 4 is 33.3 Å². The Morgan fingerprint density at radius 1 is 1.24 bits per heavy atom. The maximum atomic E-state index is 8.98. The summed E-state index contributed by atoms with van der Waals surface area (Å²) in [6.07, 6.45) is 0. The van der Waals surface area contributed by atoms with E-state index < -0.39 is 0 Å². The lowest BCUT2D eigenvalue weighted by Crippen LogP contribution is -1.96.